The van der Waals surface area contributed by atoms with Crippen LogP contribution in [0.1, 0.15) is 120 Å². The molecule has 0 aliphatic rings. The Labute approximate surface area is 251 Å². The third kappa shape index (κ3) is 11.6. The van der Waals surface area contributed by atoms with Crippen LogP contribution >= 0.6 is 0 Å². The van der Waals surface area contributed by atoms with Crippen LogP contribution in [-0.4, -0.2) is 12.6 Å². The van der Waals surface area contributed by atoms with Gasteiger partial charge in [-0.2, -0.15) is 0 Å². The third-order valence-electron chi connectivity index (χ3n) is 7.66. The molecule has 42 heavy (non-hydrogen) atoms. The van der Waals surface area contributed by atoms with Gasteiger partial charge in [0.15, 0.2) is 23.1 Å². The molecule has 5 heteroatoms. The fourth-order valence-electron chi connectivity index (χ4n) is 5.07. The molecule has 0 amide bonds. The van der Waals surface area contributed by atoms with E-state index in [0.29, 0.717) is 17.7 Å². The molecule has 3 aromatic rings. The lowest BCUT2D eigenvalue weighted by Crippen LogP contribution is -2.09. The first-order valence-electron chi connectivity index (χ1n) is 16.0. The molecule has 0 bridgehead atoms. The summed E-state index contributed by atoms with van der Waals surface area (Å²) in [6.45, 7) is 4.92. The van der Waals surface area contributed by atoms with E-state index in [-0.39, 0.29) is 11.5 Å². The molecule has 0 saturated heterocycles. The minimum absolute atomic E-state index is 0.0819. The maximum absolute atomic E-state index is 14.7. The van der Waals surface area contributed by atoms with Gasteiger partial charge in [-0.05, 0) is 72.4 Å². The van der Waals surface area contributed by atoms with Crippen LogP contribution in [0.25, 0.3) is 11.1 Å². The number of hydrogen-bond donors (Lipinski definition) is 0. The molecule has 0 aliphatic heterocycles. The van der Waals surface area contributed by atoms with Crippen molar-refractivity contribution in [2.24, 2.45) is 0 Å². The molecule has 0 spiro atoms. The van der Waals surface area contributed by atoms with Gasteiger partial charge in [-0.1, -0.05) is 115 Å². The Bertz CT molecular complexity index is 1210. The first-order chi connectivity index (χ1) is 20.5. The summed E-state index contributed by atoms with van der Waals surface area (Å²) >= 11 is 0. The summed E-state index contributed by atoms with van der Waals surface area (Å²) in [7, 11) is 0. The molecule has 0 N–H and O–H groups in total. The van der Waals surface area contributed by atoms with E-state index in [2.05, 4.69) is 13.8 Å². The molecule has 3 rings (SSSR count). The van der Waals surface area contributed by atoms with Crippen LogP contribution in [0.3, 0.4) is 0 Å². The molecule has 0 saturated carbocycles. The quantitative estimate of drug-likeness (QED) is 0.0760. The van der Waals surface area contributed by atoms with E-state index >= 15 is 0 Å². The Kier molecular flexibility index (Phi) is 15.1. The number of hydrogen-bond acceptors (Lipinski definition) is 3. The Morgan fingerprint density at radius 1 is 0.595 bits per heavy atom. The van der Waals surface area contributed by atoms with E-state index in [1.165, 1.54) is 82.4 Å². The van der Waals surface area contributed by atoms with Crippen molar-refractivity contribution in [1.82, 2.24) is 0 Å². The van der Waals surface area contributed by atoms with Crippen molar-refractivity contribution < 1.29 is 23.0 Å². The van der Waals surface area contributed by atoms with Gasteiger partial charge >= 0.3 is 5.97 Å². The maximum Gasteiger partial charge on any atom is 0.343 e. The minimum Gasteiger partial charge on any atom is -0.491 e. The Morgan fingerprint density at radius 3 is 1.76 bits per heavy atom. The first kappa shape index (κ1) is 33.3. The van der Waals surface area contributed by atoms with Crippen LogP contribution in [0.2, 0.25) is 0 Å². The molecule has 0 aromatic heterocycles. The fraction of sp³-hybridized carbons (Fsp3) is 0.486. The third-order valence-corrected chi connectivity index (χ3v) is 7.66. The topological polar surface area (TPSA) is 35.5 Å². The first-order valence-corrected chi connectivity index (χ1v) is 16.0. The molecule has 0 radical (unpaired) electrons. The number of carbonyl (C=O) groups excluding carboxylic acids is 1. The molecule has 0 heterocycles. The fourth-order valence-corrected chi connectivity index (χ4v) is 5.07. The van der Waals surface area contributed by atoms with Gasteiger partial charge in [-0.15, -0.1) is 0 Å². The molecule has 3 aromatic carbocycles. The van der Waals surface area contributed by atoms with Crippen LogP contribution in [0.4, 0.5) is 8.78 Å². The van der Waals surface area contributed by atoms with E-state index in [9.17, 15) is 13.6 Å². The summed E-state index contributed by atoms with van der Waals surface area (Å²) in [5.74, 6) is -1.42. The van der Waals surface area contributed by atoms with E-state index in [4.69, 9.17) is 9.47 Å². The monoisotopic (exact) mass is 578 g/mol. The summed E-state index contributed by atoms with van der Waals surface area (Å²) in [5.41, 5.74) is 2.63. The average Bonchev–Trinajstić information content (AvgIpc) is 3.00. The van der Waals surface area contributed by atoms with Gasteiger partial charge in [0.25, 0.3) is 0 Å². The van der Waals surface area contributed by atoms with E-state index in [1.807, 2.05) is 6.07 Å². The maximum atomic E-state index is 14.7. The second-order valence-electron chi connectivity index (χ2n) is 11.2. The molecule has 0 unspecified atom stereocenters. The predicted octanol–water partition coefficient (Wildman–Crippen LogP) is 11.3. The van der Waals surface area contributed by atoms with E-state index in [1.54, 1.807) is 36.4 Å². The number of carbonyl (C=O) groups is 1. The smallest absolute Gasteiger partial charge is 0.343 e. The van der Waals surface area contributed by atoms with Crippen molar-refractivity contribution in [3.8, 4) is 22.6 Å². The van der Waals surface area contributed by atoms with Crippen LogP contribution < -0.4 is 9.47 Å². The van der Waals surface area contributed by atoms with Crippen LogP contribution in [0, 0.1) is 11.6 Å². The molecule has 0 fully saturated rings. The molecular formula is C37H48F2O3. The summed E-state index contributed by atoms with van der Waals surface area (Å²) in [5, 5.41) is 0. The van der Waals surface area contributed by atoms with Gasteiger partial charge in [0.2, 0.25) is 0 Å². The standard InChI is InChI=1S/C37H48F2O3/c1-3-5-7-9-11-13-15-17-29-18-24-36(33(38)27-29)42-37(40)31-21-19-30(20-22-31)32-23-25-35(34(39)28-32)41-26-16-14-12-10-8-6-4-2/h18-25,27-28H,3-17,26H2,1-2H3. The van der Waals surface area contributed by atoms with E-state index in [0.717, 1.165) is 43.2 Å². The summed E-state index contributed by atoms with van der Waals surface area (Å²) in [6.07, 6.45) is 17.5. The molecular weight excluding hydrogens is 530 g/mol. The van der Waals surface area contributed by atoms with Gasteiger partial charge in [-0.3, -0.25) is 0 Å². The highest BCUT2D eigenvalue weighted by molar-refractivity contribution is 5.91. The number of halogens is 2. The van der Waals surface area contributed by atoms with Gasteiger partial charge in [0.1, 0.15) is 0 Å². The van der Waals surface area contributed by atoms with Crippen molar-refractivity contribution in [2.75, 3.05) is 6.61 Å². The summed E-state index contributed by atoms with van der Waals surface area (Å²) in [6, 6.07) is 16.4. The highest BCUT2D eigenvalue weighted by atomic mass is 19.1. The van der Waals surface area contributed by atoms with Gasteiger partial charge in [-0.25, -0.2) is 13.6 Å². The number of rotatable bonds is 20. The lowest BCUT2D eigenvalue weighted by Gasteiger charge is -2.10. The molecule has 3 nitrogen and oxygen atoms in total. The SMILES string of the molecule is CCCCCCCCCOc1ccc(-c2ccc(C(=O)Oc3ccc(CCCCCCCCC)cc3F)cc2)cc1F. The zero-order chi connectivity index (χ0) is 30.0. The number of esters is 1. The van der Waals surface area contributed by atoms with Crippen molar-refractivity contribution >= 4 is 5.97 Å². The Hall–Kier alpha value is -3.21. The average molecular weight is 579 g/mol. The molecule has 0 aliphatic carbocycles. The van der Waals surface area contributed by atoms with Crippen LogP contribution in [0.15, 0.2) is 60.7 Å². The largest absolute Gasteiger partial charge is 0.491 e. The Morgan fingerprint density at radius 2 is 1.14 bits per heavy atom. The number of benzene rings is 3. The zero-order valence-electron chi connectivity index (χ0n) is 25.6. The highest BCUT2D eigenvalue weighted by Crippen LogP contribution is 2.27. The van der Waals surface area contributed by atoms with Gasteiger partial charge in [0, 0.05) is 0 Å². The number of unbranched alkanes of at least 4 members (excludes halogenated alkanes) is 12. The molecule has 228 valence electrons. The summed E-state index contributed by atoms with van der Waals surface area (Å²) < 4.78 is 40.3. The van der Waals surface area contributed by atoms with Crippen molar-refractivity contribution in [1.29, 1.82) is 0 Å². The number of ether oxygens (including phenoxy) is 2. The van der Waals surface area contributed by atoms with Crippen molar-refractivity contribution in [2.45, 2.75) is 110 Å². The zero-order valence-corrected chi connectivity index (χ0v) is 25.6. The van der Waals surface area contributed by atoms with E-state index < -0.39 is 17.6 Å². The minimum atomic E-state index is -0.638. The number of aryl methyl sites for hydroxylation is 1. The van der Waals surface area contributed by atoms with Gasteiger partial charge < -0.3 is 9.47 Å². The second-order valence-corrected chi connectivity index (χ2v) is 11.2. The second kappa shape index (κ2) is 19.1. The predicted molar refractivity (Wildman–Crippen MR) is 168 cm³/mol. The van der Waals surface area contributed by atoms with Crippen LogP contribution in [-0.2, 0) is 6.42 Å². The van der Waals surface area contributed by atoms with Gasteiger partial charge in [0.05, 0.1) is 12.2 Å². The summed E-state index contributed by atoms with van der Waals surface area (Å²) in [4.78, 5) is 12.7. The lowest BCUT2D eigenvalue weighted by molar-refractivity contribution is 0.0728. The molecule has 0 atom stereocenters. The van der Waals surface area contributed by atoms with Crippen LogP contribution in [0.5, 0.6) is 11.5 Å². The van der Waals surface area contributed by atoms with Crippen molar-refractivity contribution in [3.63, 3.8) is 0 Å². The lowest BCUT2D eigenvalue weighted by atomic mass is 10.0. The van der Waals surface area contributed by atoms with Crippen molar-refractivity contribution in [3.05, 3.63) is 83.4 Å². The Balaban J connectivity index is 1.45. The normalized spacial score (nSPS) is 11.0. The highest BCUT2D eigenvalue weighted by Gasteiger charge is 2.14.